The van der Waals surface area contributed by atoms with Crippen molar-refractivity contribution in [3.8, 4) is 0 Å². The first-order valence-electron chi connectivity index (χ1n) is 8.11. The molecule has 134 valence electrons. The van der Waals surface area contributed by atoms with Crippen molar-refractivity contribution in [1.82, 2.24) is 10.4 Å². The highest BCUT2D eigenvalue weighted by molar-refractivity contribution is 9.13. The number of ether oxygens (including phenoxy) is 1. The number of benzene rings is 1. The van der Waals surface area contributed by atoms with Crippen LogP contribution in [-0.2, 0) is 9.53 Å². The van der Waals surface area contributed by atoms with Crippen LogP contribution in [-0.4, -0.2) is 42.9 Å². The van der Waals surface area contributed by atoms with Crippen LogP contribution in [0.2, 0.25) is 0 Å². The van der Waals surface area contributed by atoms with E-state index in [0.717, 1.165) is 14.5 Å². The lowest BCUT2D eigenvalue weighted by Crippen LogP contribution is -2.47. The van der Waals surface area contributed by atoms with Crippen LogP contribution in [0, 0.1) is 0 Å². The summed E-state index contributed by atoms with van der Waals surface area (Å²) >= 11 is 6.86. The highest BCUT2D eigenvalue weighted by Crippen LogP contribution is 2.56. The van der Waals surface area contributed by atoms with Gasteiger partial charge in [0, 0.05) is 34.0 Å². The standard InChI is InChI=1S/C18H19Br2FN2O2/c19-15-5-4-13(11-16(15)20)14-12-18(14,21)6-2-1-3-17(24)22-23-7-9-25-10-8-23/h1-6,11,14H,7-10,12H2,(H,22,24)/b3-1+,6-2+. The van der Waals surface area contributed by atoms with Crippen molar-refractivity contribution >= 4 is 37.8 Å². The fourth-order valence-electron chi connectivity index (χ4n) is 2.79. The maximum Gasteiger partial charge on any atom is 0.258 e. The number of allylic oxidation sites excluding steroid dienone is 3. The molecule has 3 rings (SSSR count). The number of morpholine rings is 1. The quantitative estimate of drug-likeness (QED) is 0.521. The van der Waals surface area contributed by atoms with E-state index < -0.39 is 5.67 Å². The molecule has 0 spiro atoms. The second-order valence-electron chi connectivity index (χ2n) is 6.15. The number of alkyl halides is 1. The molecule has 1 aromatic rings. The Kier molecular flexibility index (Phi) is 6.09. The topological polar surface area (TPSA) is 41.6 Å². The molecule has 1 saturated carbocycles. The first-order valence-corrected chi connectivity index (χ1v) is 9.70. The Morgan fingerprint density at radius 2 is 2.04 bits per heavy atom. The smallest absolute Gasteiger partial charge is 0.258 e. The Labute approximate surface area is 163 Å². The lowest BCUT2D eigenvalue weighted by molar-refractivity contribution is -0.123. The molecular formula is C18H19Br2FN2O2. The first kappa shape index (κ1) is 18.8. The molecule has 0 bridgehead atoms. The maximum atomic E-state index is 14.7. The number of nitrogens with zero attached hydrogens (tertiary/aromatic N) is 1. The number of nitrogens with one attached hydrogen (secondary N) is 1. The molecule has 25 heavy (non-hydrogen) atoms. The third kappa shape index (κ3) is 5.00. The monoisotopic (exact) mass is 472 g/mol. The summed E-state index contributed by atoms with van der Waals surface area (Å²) in [5, 5.41) is 1.82. The summed E-state index contributed by atoms with van der Waals surface area (Å²) in [7, 11) is 0. The molecular weight excluding hydrogens is 455 g/mol. The Hall–Kier alpha value is -1.02. The molecule has 1 aliphatic heterocycles. The molecule has 2 fully saturated rings. The lowest BCUT2D eigenvalue weighted by Gasteiger charge is -2.26. The van der Waals surface area contributed by atoms with Gasteiger partial charge >= 0.3 is 0 Å². The summed E-state index contributed by atoms with van der Waals surface area (Å²) in [6.45, 7) is 2.57. The van der Waals surface area contributed by atoms with E-state index in [1.807, 2.05) is 23.2 Å². The van der Waals surface area contributed by atoms with Gasteiger partial charge in [-0.25, -0.2) is 9.40 Å². The number of hydrazine groups is 1. The second kappa shape index (κ2) is 8.12. The molecule has 2 aliphatic rings. The Morgan fingerprint density at radius 3 is 2.76 bits per heavy atom. The number of carbonyl (C=O) groups is 1. The molecule has 1 aliphatic carbocycles. The van der Waals surface area contributed by atoms with Gasteiger partial charge in [-0.1, -0.05) is 18.2 Å². The van der Waals surface area contributed by atoms with Crippen molar-refractivity contribution < 1.29 is 13.9 Å². The summed E-state index contributed by atoms with van der Waals surface area (Å²) in [5.74, 6) is -0.354. The molecule has 7 heteroatoms. The van der Waals surface area contributed by atoms with E-state index in [1.54, 1.807) is 12.2 Å². The van der Waals surface area contributed by atoms with Crippen LogP contribution in [0.15, 0.2) is 51.4 Å². The summed E-state index contributed by atoms with van der Waals surface area (Å²) in [4.78, 5) is 11.8. The van der Waals surface area contributed by atoms with Crippen molar-refractivity contribution in [3.63, 3.8) is 0 Å². The molecule has 0 radical (unpaired) electrons. The van der Waals surface area contributed by atoms with E-state index in [9.17, 15) is 9.18 Å². The summed E-state index contributed by atoms with van der Waals surface area (Å²) in [6.07, 6.45) is 6.58. The van der Waals surface area contributed by atoms with Crippen molar-refractivity contribution in [2.45, 2.75) is 18.0 Å². The van der Waals surface area contributed by atoms with Crippen LogP contribution >= 0.6 is 31.9 Å². The number of halogens is 3. The van der Waals surface area contributed by atoms with Gasteiger partial charge in [0.15, 0.2) is 0 Å². The second-order valence-corrected chi connectivity index (χ2v) is 7.86. The van der Waals surface area contributed by atoms with E-state index in [2.05, 4.69) is 37.3 Å². The molecule has 1 saturated heterocycles. The average molecular weight is 474 g/mol. The zero-order chi connectivity index (χ0) is 17.9. The fraction of sp³-hybridized carbons (Fsp3) is 0.389. The molecule has 4 nitrogen and oxygen atoms in total. The van der Waals surface area contributed by atoms with Gasteiger partial charge in [-0.2, -0.15) is 0 Å². The third-order valence-electron chi connectivity index (χ3n) is 4.29. The molecule has 2 unspecified atom stereocenters. The van der Waals surface area contributed by atoms with E-state index >= 15 is 0 Å². The molecule has 0 aromatic heterocycles. The molecule has 1 amide bonds. The lowest BCUT2D eigenvalue weighted by atomic mass is 10.1. The predicted octanol–water partition coefficient (Wildman–Crippen LogP) is 3.88. The van der Waals surface area contributed by atoms with E-state index in [0.29, 0.717) is 32.7 Å². The molecule has 2 atom stereocenters. The van der Waals surface area contributed by atoms with Gasteiger partial charge in [0.2, 0.25) is 0 Å². The highest BCUT2D eigenvalue weighted by Gasteiger charge is 2.54. The maximum absolute atomic E-state index is 14.7. The van der Waals surface area contributed by atoms with Crippen LogP contribution in [0.3, 0.4) is 0 Å². The zero-order valence-electron chi connectivity index (χ0n) is 13.6. The SMILES string of the molecule is O=C(/C=C/C=C/C1(F)CC1c1ccc(Br)c(Br)c1)NN1CCOCC1. The van der Waals surface area contributed by atoms with E-state index in [4.69, 9.17) is 4.74 Å². The van der Waals surface area contributed by atoms with Gasteiger partial charge < -0.3 is 4.74 Å². The molecule has 1 heterocycles. The van der Waals surface area contributed by atoms with Crippen LogP contribution in [0.1, 0.15) is 17.9 Å². The summed E-state index contributed by atoms with van der Waals surface area (Å²) in [6, 6.07) is 5.79. The number of carbonyl (C=O) groups excluding carboxylic acids is 1. The predicted molar refractivity (Wildman–Crippen MR) is 102 cm³/mol. The minimum Gasteiger partial charge on any atom is -0.379 e. The van der Waals surface area contributed by atoms with E-state index in [1.165, 1.54) is 12.2 Å². The number of hydrogen-bond donors (Lipinski definition) is 1. The van der Waals surface area contributed by atoms with Gasteiger partial charge in [-0.3, -0.25) is 10.2 Å². The minimum atomic E-state index is -1.34. The van der Waals surface area contributed by atoms with E-state index in [-0.39, 0.29) is 11.8 Å². The van der Waals surface area contributed by atoms with Crippen molar-refractivity contribution in [1.29, 1.82) is 0 Å². The summed E-state index contributed by atoms with van der Waals surface area (Å²) in [5.41, 5.74) is 2.40. The van der Waals surface area contributed by atoms with Crippen molar-refractivity contribution in [2.24, 2.45) is 0 Å². The zero-order valence-corrected chi connectivity index (χ0v) is 16.7. The molecule has 1 aromatic carbocycles. The van der Waals surface area contributed by atoms with Gasteiger partial charge in [0.1, 0.15) is 5.67 Å². The van der Waals surface area contributed by atoms with Gasteiger partial charge in [-0.15, -0.1) is 0 Å². The average Bonchev–Trinajstić information content (AvgIpc) is 3.27. The van der Waals surface area contributed by atoms with Crippen LogP contribution in [0.25, 0.3) is 0 Å². The van der Waals surface area contributed by atoms with Crippen LogP contribution in [0.5, 0.6) is 0 Å². The van der Waals surface area contributed by atoms with Crippen molar-refractivity contribution in [3.05, 3.63) is 57.0 Å². The van der Waals surface area contributed by atoms with Gasteiger partial charge in [0.05, 0.1) is 13.2 Å². The van der Waals surface area contributed by atoms with Crippen LogP contribution in [0.4, 0.5) is 4.39 Å². The van der Waals surface area contributed by atoms with Crippen LogP contribution < -0.4 is 5.43 Å². The van der Waals surface area contributed by atoms with Gasteiger partial charge in [-0.05, 0) is 62.1 Å². The Morgan fingerprint density at radius 1 is 1.28 bits per heavy atom. The third-order valence-corrected chi connectivity index (χ3v) is 6.17. The van der Waals surface area contributed by atoms with Gasteiger partial charge in [0.25, 0.3) is 5.91 Å². The number of rotatable bonds is 5. The largest absolute Gasteiger partial charge is 0.379 e. The molecule has 1 N–H and O–H groups in total. The number of hydrogen-bond acceptors (Lipinski definition) is 3. The fourth-order valence-corrected chi connectivity index (χ4v) is 3.43. The Balaban J connectivity index is 1.50. The highest BCUT2D eigenvalue weighted by atomic mass is 79.9. The normalized spacial score (nSPS) is 27.1. The summed E-state index contributed by atoms with van der Waals surface area (Å²) < 4.78 is 21.8. The Bertz CT molecular complexity index is 704. The minimum absolute atomic E-state index is 0.135. The first-order chi connectivity index (χ1) is 12.0. The van der Waals surface area contributed by atoms with Crippen molar-refractivity contribution in [2.75, 3.05) is 26.3 Å². The number of amides is 1.